The fraction of sp³-hybridized carbons (Fsp3) is 0.417. The van der Waals surface area contributed by atoms with Crippen LogP contribution in [0.3, 0.4) is 0 Å². The van der Waals surface area contributed by atoms with Crippen LogP contribution in [0.25, 0.3) is 0 Å². The first-order valence-corrected chi connectivity index (χ1v) is 5.62. The number of carbonyl (C=O) groups is 1. The maximum absolute atomic E-state index is 11.9. The van der Waals surface area contributed by atoms with E-state index in [2.05, 4.69) is 10.6 Å². The number of hydrogen-bond acceptors (Lipinski definition) is 4. The van der Waals surface area contributed by atoms with Crippen molar-refractivity contribution in [1.29, 1.82) is 0 Å². The standard InChI is InChI=1S/C12H16N2O3/c15-7-9-3-1-2-4-10(9)14-12(16)11-8-17-6-5-13-11/h1-4,11,13,15H,5-8H2,(H,14,16). The van der Waals surface area contributed by atoms with Crippen molar-refractivity contribution in [2.75, 3.05) is 25.1 Å². The van der Waals surface area contributed by atoms with Crippen molar-refractivity contribution in [3.8, 4) is 0 Å². The fourth-order valence-electron chi connectivity index (χ4n) is 1.73. The van der Waals surface area contributed by atoms with Crippen LogP contribution in [0.1, 0.15) is 5.56 Å². The third kappa shape index (κ3) is 3.03. The summed E-state index contributed by atoms with van der Waals surface area (Å²) >= 11 is 0. The molecule has 1 aromatic carbocycles. The first-order chi connectivity index (χ1) is 8.31. The van der Waals surface area contributed by atoms with E-state index < -0.39 is 0 Å². The van der Waals surface area contributed by atoms with Gasteiger partial charge in [-0.25, -0.2) is 0 Å². The summed E-state index contributed by atoms with van der Waals surface area (Å²) in [5.41, 5.74) is 1.35. The van der Waals surface area contributed by atoms with Crippen molar-refractivity contribution in [1.82, 2.24) is 5.32 Å². The topological polar surface area (TPSA) is 70.6 Å². The van der Waals surface area contributed by atoms with Crippen LogP contribution < -0.4 is 10.6 Å². The average Bonchev–Trinajstić information content (AvgIpc) is 2.40. The normalized spacial score (nSPS) is 19.9. The Morgan fingerprint density at radius 1 is 1.53 bits per heavy atom. The number of anilines is 1. The van der Waals surface area contributed by atoms with Crippen molar-refractivity contribution in [3.63, 3.8) is 0 Å². The van der Waals surface area contributed by atoms with Gasteiger partial charge >= 0.3 is 0 Å². The highest BCUT2D eigenvalue weighted by atomic mass is 16.5. The molecule has 5 heteroatoms. The van der Waals surface area contributed by atoms with E-state index >= 15 is 0 Å². The second-order valence-corrected chi connectivity index (χ2v) is 3.89. The number of ether oxygens (including phenoxy) is 1. The van der Waals surface area contributed by atoms with E-state index in [-0.39, 0.29) is 18.6 Å². The highest BCUT2D eigenvalue weighted by Crippen LogP contribution is 2.15. The molecule has 0 radical (unpaired) electrons. The number of para-hydroxylation sites is 1. The number of carbonyl (C=O) groups excluding carboxylic acids is 1. The van der Waals surface area contributed by atoms with Crippen molar-refractivity contribution < 1.29 is 14.6 Å². The number of aliphatic hydroxyl groups is 1. The lowest BCUT2D eigenvalue weighted by Crippen LogP contribution is -2.48. The summed E-state index contributed by atoms with van der Waals surface area (Å²) < 4.78 is 5.22. The highest BCUT2D eigenvalue weighted by molar-refractivity contribution is 5.95. The van der Waals surface area contributed by atoms with E-state index in [4.69, 9.17) is 9.84 Å². The number of amides is 1. The van der Waals surface area contributed by atoms with E-state index in [1.165, 1.54) is 0 Å². The van der Waals surface area contributed by atoms with E-state index in [0.717, 1.165) is 0 Å². The predicted molar refractivity (Wildman–Crippen MR) is 63.6 cm³/mol. The van der Waals surface area contributed by atoms with Gasteiger partial charge in [0.1, 0.15) is 6.04 Å². The molecule has 1 unspecified atom stereocenters. The van der Waals surface area contributed by atoms with Crippen LogP contribution in [0.4, 0.5) is 5.69 Å². The Morgan fingerprint density at radius 3 is 3.06 bits per heavy atom. The molecule has 1 aliphatic rings. The fourth-order valence-corrected chi connectivity index (χ4v) is 1.73. The molecule has 2 rings (SSSR count). The lowest BCUT2D eigenvalue weighted by molar-refractivity contribution is -0.120. The number of benzene rings is 1. The van der Waals surface area contributed by atoms with Gasteiger partial charge in [-0.05, 0) is 6.07 Å². The Labute approximate surface area is 99.8 Å². The minimum Gasteiger partial charge on any atom is -0.392 e. The van der Waals surface area contributed by atoms with Gasteiger partial charge in [0.2, 0.25) is 5.91 Å². The Hall–Kier alpha value is -1.43. The number of morpholine rings is 1. The van der Waals surface area contributed by atoms with Gasteiger partial charge in [0, 0.05) is 17.8 Å². The van der Waals surface area contributed by atoms with E-state index in [0.29, 0.717) is 31.0 Å². The molecule has 5 nitrogen and oxygen atoms in total. The summed E-state index contributed by atoms with van der Waals surface area (Å²) in [6, 6.07) is 6.87. The molecular weight excluding hydrogens is 220 g/mol. The first kappa shape index (κ1) is 12.0. The third-order valence-corrected chi connectivity index (χ3v) is 2.68. The van der Waals surface area contributed by atoms with E-state index in [1.807, 2.05) is 12.1 Å². The molecule has 3 N–H and O–H groups in total. The number of rotatable bonds is 3. The molecule has 1 atom stereocenters. The lowest BCUT2D eigenvalue weighted by Gasteiger charge is -2.23. The zero-order chi connectivity index (χ0) is 12.1. The second-order valence-electron chi connectivity index (χ2n) is 3.89. The maximum atomic E-state index is 11.9. The molecule has 1 amide bonds. The molecule has 1 saturated heterocycles. The van der Waals surface area contributed by atoms with Crippen LogP contribution >= 0.6 is 0 Å². The van der Waals surface area contributed by atoms with Gasteiger partial charge < -0.3 is 20.5 Å². The quantitative estimate of drug-likeness (QED) is 0.696. The van der Waals surface area contributed by atoms with Gasteiger partial charge in [-0.15, -0.1) is 0 Å². The number of aliphatic hydroxyl groups excluding tert-OH is 1. The molecule has 0 spiro atoms. The van der Waals surface area contributed by atoms with Crippen LogP contribution in [-0.2, 0) is 16.1 Å². The molecule has 1 fully saturated rings. The summed E-state index contributed by atoms with van der Waals surface area (Å²) in [4.78, 5) is 11.9. The van der Waals surface area contributed by atoms with Crippen molar-refractivity contribution >= 4 is 11.6 Å². The molecule has 0 aromatic heterocycles. The minimum absolute atomic E-state index is 0.0922. The SMILES string of the molecule is O=C(Nc1ccccc1CO)C1COCCN1. The molecule has 92 valence electrons. The Morgan fingerprint density at radius 2 is 2.35 bits per heavy atom. The second kappa shape index (κ2) is 5.77. The van der Waals surface area contributed by atoms with Gasteiger partial charge in [0.25, 0.3) is 0 Å². The average molecular weight is 236 g/mol. The number of nitrogens with one attached hydrogen (secondary N) is 2. The smallest absolute Gasteiger partial charge is 0.243 e. The van der Waals surface area contributed by atoms with Crippen molar-refractivity contribution in [2.45, 2.75) is 12.6 Å². The molecule has 17 heavy (non-hydrogen) atoms. The van der Waals surface area contributed by atoms with Gasteiger partial charge in [-0.2, -0.15) is 0 Å². The largest absolute Gasteiger partial charge is 0.392 e. The molecule has 1 heterocycles. The zero-order valence-corrected chi connectivity index (χ0v) is 9.48. The Balaban J connectivity index is 2.01. The van der Waals surface area contributed by atoms with E-state index in [1.54, 1.807) is 12.1 Å². The lowest BCUT2D eigenvalue weighted by atomic mass is 10.1. The van der Waals surface area contributed by atoms with E-state index in [9.17, 15) is 4.79 Å². The molecule has 1 aliphatic heterocycles. The first-order valence-electron chi connectivity index (χ1n) is 5.62. The molecule has 0 saturated carbocycles. The van der Waals surface area contributed by atoms with Crippen molar-refractivity contribution in [3.05, 3.63) is 29.8 Å². The summed E-state index contributed by atoms with van der Waals surface area (Å²) in [5.74, 6) is -0.134. The summed E-state index contributed by atoms with van der Waals surface area (Å²) in [6.07, 6.45) is 0. The van der Waals surface area contributed by atoms with Crippen LogP contribution in [-0.4, -0.2) is 36.8 Å². The summed E-state index contributed by atoms with van der Waals surface area (Å²) in [5, 5.41) is 15.0. The van der Waals surface area contributed by atoms with Crippen molar-refractivity contribution in [2.24, 2.45) is 0 Å². The van der Waals surface area contributed by atoms with Crippen LogP contribution in [0.15, 0.2) is 24.3 Å². The number of hydrogen-bond donors (Lipinski definition) is 3. The predicted octanol–water partition coefficient (Wildman–Crippen LogP) is 0.106. The Bertz CT molecular complexity index is 389. The van der Waals surface area contributed by atoms with Gasteiger partial charge in [0.05, 0.1) is 19.8 Å². The van der Waals surface area contributed by atoms with Crippen LogP contribution in [0.5, 0.6) is 0 Å². The molecule has 1 aromatic rings. The molecule has 0 aliphatic carbocycles. The van der Waals surface area contributed by atoms with Gasteiger partial charge in [-0.1, -0.05) is 18.2 Å². The minimum atomic E-state index is -0.324. The molecule has 0 bridgehead atoms. The maximum Gasteiger partial charge on any atom is 0.243 e. The van der Waals surface area contributed by atoms with Crippen LogP contribution in [0, 0.1) is 0 Å². The van der Waals surface area contributed by atoms with Crippen LogP contribution in [0.2, 0.25) is 0 Å². The third-order valence-electron chi connectivity index (χ3n) is 2.68. The highest BCUT2D eigenvalue weighted by Gasteiger charge is 2.21. The summed E-state index contributed by atoms with van der Waals surface area (Å²) in [6.45, 7) is 1.61. The van der Waals surface area contributed by atoms with Gasteiger partial charge in [0.15, 0.2) is 0 Å². The molecular formula is C12H16N2O3. The Kier molecular flexibility index (Phi) is 4.08. The van der Waals surface area contributed by atoms with Gasteiger partial charge in [-0.3, -0.25) is 4.79 Å². The zero-order valence-electron chi connectivity index (χ0n) is 9.48. The summed E-state index contributed by atoms with van der Waals surface area (Å²) in [7, 11) is 0. The monoisotopic (exact) mass is 236 g/mol.